The van der Waals surface area contributed by atoms with E-state index in [1.165, 1.54) is 0 Å². The van der Waals surface area contributed by atoms with Gasteiger partial charge in [0.15, 0.2) is 0 Å². The lowest BCUT2D eigenvalue weighted by molar-refractivity contribution is -0.128. The van der Waals surface area contributed by atoms with Crippen LogP contribution in [0.15, 0.2) is 24.3 Å². The predicted octanol–water partition coefficient (Wildman–Crippen LogP) is 2.27. The van der Waals surface area contributed by atoms with Gasteiger partial charge in [-0.25, -0.2) is 0 Å². The summed E-state index contributed by atoms with van der Waals surface area (Å²) in [4.78, 5) is 12.3. The quantitative estimate of drug-likeness (QED) is 0.896. The number of methoxy groups -OCH3 is 1. The number of rotatable bonds is 4. The van der Waals surface area contributed by atoms with Gasteiger partial charge in [-0.3, -0.25) is 4.79 Å². The monoisotopic (exact) mass is 298 g/mol. The van der Waals surface area contributed by atoms with E-state index in [1.807, 2.05) is 31.2 Å². The first kappa shape index (κ1) is 16.8. The molecule has 2 N–H and O–H groups in total. The van der Waals surface area contributed by atoms with Crippen LogP contribution in [0.2, 0.25) is 0 Å². The topological polar surface area (TPSA) is 50.4 Å². The molecule has 0 aromatic heterocycles. The van der Waals surface area contributed by atoms with Crippen molar-refractivity contribution in [1.29, 1.82) is 0 Å². The number of carbonyl (C=O) groups is 1. The molecular formula is C15H23ClN2O2. The summed E-state index contributed by atoms with van der Waals surface area (Å²) in [5.74, 6) is 0.877. The van der Waals surface area contributed by atoms with Crippen molar-refractivity contribution in [3.05, 3.63) is 29.8 Å². The van der Waals surface area contributed by atoms with Crippen molar-refractivity contribution in [3.63, 3.8) is 0 Å². The van der Waals surface area contributed by atoms with Gasteiger partial charge in [-0.05, 0) is 38.8 Å². The minimum absolute atomic E-state index is 0. The molecule has 1 heterocycles. The predicted molar refractivity (Wildman–Crippen MR) is 82.3 cm³/mol. The Hall–Kier alpha value is -1.26. The summed E-state index contributed by atoms with van der Waals surface area (Å²) in [7, 11) is 1.64. The molecular weight excluding hydrogens is 276 g/mol. The fourth-order valence-corrected chi connectivity index (χ4v) is 2.47. The molecule has 5 heteroatoms. The maximum absolute atomic E-state index is 12.3. The van der Waals surface area contributed by atoms with Gasteiger partial charge in [0, 0.05) is 12.1 Å². The molecule has 0 aliphatic carbocycles. The number of nitrogens with one attached hydrogen (secondary N) is 2. The Kier molecular flexibility index (Phi) is 6.30. The molecule has 112 valence electrons. The molecule has 1 amide bonds. The average Bonchev–Trinajstić information content (AvgIpc) is 2.45. The molecule has 1 aliphatic heterocycles. The van der Waals surface area contributed by atoms with E-state index in [2.05, 4.69) is 10.6 Å². The lowest BCUT2D eigenvalue weighted by atomic mass is 9.90. The molecule has 0 radical (unpaired) electrons. The maximum Gasteiger partial charge on any atom is 0.240 e. The Bertz CT molecular complexity index is 445. The standard InChI is InChI=1S/C15H22N2O2.ClH/c1-15(9-5-6-10-17-15)14(18)16-11-12-7-3-4-8-13(12)19-2;/h3-4,7-8,17H,5-6,9-11H2,1-2H3,(H,16,18);1H. The summed E-state index contributed by atoms with van der Waals surface area (Å²) < 4.78 is 5.28. The molecule has 1 aromatic rings. The van der Waals surface area contributed by atoms with Crippen LogP contribution in [0, 0.1) is 0 Å². The van der Waals surface area contributed by atoms with E-state index in [9.17, 15) is 4.79 Å². The molecule has 1 fully saturated rings. The van der Waals surface area contributed by atoms with E-state index in [4.69, 9.17) is 4.74 Å². The van der Waals surface area contributed by atoms with Crippen LogP contribution in [0.4, 0.5) is 0 Å². The smallest absolute Gasteiger partial charge is 0.240 e. The second kappa shape index (κ2) is 7.50. The number of piperidine rings is 1. The van der Waals surface area contributed by atoms with Gasteiger partial charge >= 0.3 is 0 Å². The Morgan fingerprint density at radius 2 is 2.15 bits per heavy atom. The lowest BCUT2D eigenvalue weighted by Crippen LogP contribution is -2.56. The van der Waals surface area contributed by atoms with Crippen LogP contribution in [0.5, 0.6) is 5.75 Å². The third-order valence-electron chi connectivity index (χ3n) is 3.75. The number of hydrogen-bond acceptors (Lipinski definition) is 3. The second-order valence-corrected chi connectivity index (χ2v) is 5.21. The van der Waals surface area contributed by atoms with E-state index < -0.39 is 5.54 Å². The highest BCUT2D eigenvalue weighted by atomic mass is 35.5. The molecule has 1 aromatic carbocycles. The number of benzene rings is 1. The highest BCUT2D eigenvalue weighted by Crippen LogP contribution is 2.20. The first-order chi connectivity index (χ1) is 9.15. The summed E-state index contributed by atoms with van der Waals surface area (Å²) in [5.41, 5.74) is 0.568. The number of para-hydroxylation sites is 1. The fourth-order valence-electron chi connectivity index (χ4n) is 2.47. The zero-order valence-electron chi connectivity index (χ0n) is 12.1. The molecule has 20 heavy (non-hydrogen) atoms. The molecule has 0 bridgehead atoms. The summed E-state index contributed by atoms with van der Waals surface area (Å²) in [6.45, 7) is 3.39. The van der Waals surface area contributed by atoms with E-state index in [0.29, 0.717) is 6.54 Å². The van der Waals surface area contributed by atoms with Crippen LogP contribution in [0.3, 0.4) is 0 Å². The Morgan fingerprint density at radius 1 is 1.40 bits per heavy atom. The van der Waals surface area contributed by atoms with Crippen molar-refractivity contribution in [2.45, 2.75) is 38.3 Å². The van der Waals surface area contributed by atoms with Crippen molar-refractivity contribution in [3.8, 4) is 5.75 Å². The van der Waals surface area contributed by atoms with Gasteiger partial charge in [0.2, 0.25) is 5.91 Å². The van der Waals surface area contributed by atoms with Crippen LogP contribution < -0.4 is 15.4 Å². The van der Waals surface area contributed by atoms with Gasteiger partial charge in [0.1, 0.15) is 5.75 Å². The van der Waals surface area contributed by atoms with Crippen LogP contribution in [0.25, 0.3) is 0 Å². The van der Waals surface area contributed by atoms with Crippen molar-refractivity contribution >= 4 is 18.3 Å². The minimum atomic E-state index is -0.430. The third-order valence-corrected chi connectivity index (χ3v) is 3.75. The van der Waals surface area contributed by atoms with E-state index in [0.717, 1.165) is 37.1 Å². The normalized spacial score (nSPS) is 21.7. The number of amides is 1. The number of hydrogen-bond donors (Lipinski definition) is 2. The molecule has 1 unspecified atom stereocenters. The van der Waals surface area contributed by atoms with Gasteiger partial charge < -0.3 is 15.4 Å². The lowest BCUT2D eigenvalue weighted by Gasteiger charge is -2.33. The average molecular weight is 299 g/mol. The molecule has 1 atom stereocenters. The number of carbonyl (C=O) groups excluding carboxylic acids is 1. The largest absolute Gasteiger partial charge is 0.496 e. The number of halogens is 1. The Labute approximate surface area is 126 Å². The molecule has 1 saturated heterocycles. The van der Waals surface area contributed by atoms with E-state index >= 15 is 0 Å². The van der Waals surface area contributed by atoms with Gasteiger partial charge in [0.25, 0.3) is 0 Å². The first-order valence-corrected chi connectivity index (χ1v) is 6.81. The second-order valence-electron chi connectivity index (χ2n) is 5.21. The van der Waals surface area contributed by atoms with Crippen molar-refractivity contribution in [2.24, 2.45) is 0 Å². The summed E-state index contributed by atoms with van der Waals surface area (Å²) in [6, 6.07) is 7.75. The van der Waals surface area contributed by atoms with Crippen molar-refractivity contribution in [1.82, 2.24) is 10.6 Å². The highest BCUT2D eigenvalue weighted by molar-refractivity contribution is 5.86. The van der Waals surface area contributed by atoms with Crippen LogP contribution >= 0.6 is 12.4 Å². The maximum atomic E-state index is 12.3. The highest BCUT2D eigenvalue weighted by Gasteiger charge is 2.33. The first-order valence-electron chi connectivity index (χ1n) is 6.81. The van der Waals surface area contributed by atoms with Crippen LogP contribution in [-0.2, 0) is 11.3 Å². The molecule has 2 rings (SSSR count). The zero-order valence-corrected chi connectivity index (χ0v) is 12.9. The van der Waals surface area contributed by atoms with E-state index in [-0.39, 0.29) is 18.3 Å². The fraction of sp³-hybridized carbons (Fsp3) is 0.533. The van der Waals surface area contributed by atoms with Gasteiger partial charge in [-0.15, -0.1) is 12.4 Å². The van der Waals surface area contributed by atoms with E-state index in [1.54, 1.807) is 7.11 Å². The van der Waals surface area contributed by atoms with Crippen LogP contribution in [0.1, 0.15) is 31.7 Å². The summed E-state index contributed by atoms with van der Waals surface area (Å²) in [5, 5.41) is 6.32. The minimum Gasteiger partial charge on any atom is -0.496 e. The molecule has 4 nitrogen and oxygen atoms in total. The zero-order chi connectivity index (χ0) is 13.7. The number of ether oxygens (including phenoxy) is 1. The SMILES string of the molecule is COc1ccccc1CNC(=O)C1(C)CCCCN1.Cl. The summed E-state index contributed by atoms with van der Waals surface area (Å²) >= 11 is 0. The van der Waals surface area contributed by atoms with Crippen LogP contribution in [-0.4, -0.2) is 25.1 Å². The van der Waals surface area contributed by atoms with Gasteiger partial charge in [-0.2, -0.15) is 0 Å². The molecule has 0 saturated carbocycles. The van der Waals surface area contributed by atoms with Crippen molar-refractivity contribution < 1.29 is 9.53 Å². The van der Waals surface area contributed by atoms with Gasteiger partial charge in [-0.1, -0.05) is 18.2 Å². The van der Waals surface area contributed by atoms with Gasteiger partial charge in [0.05, 0.1) is 12.6 Å². The Morgan fingerprint density at radius 3 is 2.80 bits per heavy atom. The van der Waals surface area contributed by atoms with Crippen molar-refractivity contribution in [2.75, 3.05) is 13.7 Å². The summed E-state index contributed by atoms with van der Waals surface area (Å²) in [6.07, 6.45) is 3.14. The Balaban J connectivity index is 0.00000200. The molecule has 0 spiro atoms. The third kappa shape index (κ3) is 3.87. The molecule has 1 aliphatic rings.